The van der Waals surface area contributed by atoms with E-state index >= 15 is 0 Å². The summed E-state index contributed by atoms with van der Waals surface area (Å²) in [6, 6.07) is 9.92. The number of rotatable bonds is 4. The highest BCUT2D eigenvalue weighted by atomic mass is 16.2. The van der Waals surface area contributed by atoms with Gasteiger partial charge in [0.05, 0.1) is 0 Å². The molecule has 20 heavy (non-hydrogen) atoms. The molecular weight excluding hydrogens is 252 g/mol. The van der Waals surface area contributed by atoms with Crippen LogP contribution in [0.3, 0.4) is 0 Å². The van der Waals surface area contributed by atoms with Crippen molar-refractivity contribution in [3.8, 4) is 0 Å². The summed E-state index contributed by atoms with van der Waals surface area (Å²) in [5, 5.41) is 9.71. The number of carbonyl (C=O) groups is 1. The van der Waals surface area contributed by atoms with E-state index < -0.39 is 0 Å². The standard InChI is InChI=1S/C15H20N4O/c1-11-4-6-13(7-5-11)8-9-16-15(20)17-14-10-12(2)19(3)18-14/h4-7,10H,8-9H2,1-3H3,(H2,16,17,18,20). The molecule has 2 rings (SSSR count). The number of nitrogens with zero attached hydrogens (tertiary/aromatic N) is 2. The van der Waals surface area contributed by atoms with Gasteiger partial charge in [0.15, 0.2) is 5.82 Å². The number of benzene rings is 1. The number of anilines is 1. The lowest BCUT2D eigenvalue weighted by Gasteiger charge is -2.06. The molecule has 0 aliphatic heterocycles. The molecule has 0 aliphatic carbocycles. The van der Waals surface area contributed by atoms with Gasteiger partial charge >= 0.3 is 6.03 Å². The molecule has 0 aliphatic rings. The van der Waals surface area contributed by atoms with Gasteiger partial charge in [0, 0.05) is 25.4 Å². The predicted octanol–water partition coefficient (Wildman–Crippen LogP) is 2.40. The number of carbonyl (C=O) groups excluding carboxylic acids is 1. The SMILES string of the molecule is Cc1ccc(CCNC(=O)Nc2cc(C)n(C)n2)cc1. The second-order valence-corrected chi connectivity index (χ2v) is 4.91. The van der Waals surface area contributed by atoms with Crippen LogP contribution < -0.4 is 10.6 Å². The van der Waals surface area contributed by atoms with Gasteiger partial charge in [-0.25, -0.2) is 4.79 Å². The van der Waals surface area contributed by atoms with Crippen molar-refractivity contribution in [2.75, 3.05) is 11.9 Å². The molecule has 1 heterocycles. The highest BCUT2D eigenvalue weighted by molar-refractivity contribution is 5.88. The number of hydrogen-bond donors (Lipinski definition) is 2. The van der Waals surface area contributed by atoms with E-state index in [4.69, 9.17) is 0 Å². The molecule has 0 unspecified atom stereocenters. The average Bonchev–Trinajstić information content (AvgIpc) is 2.70. The summed E-state index contributed by atoms with van der Waals surface area (Å²) in [5.41, 5.74) is 3.45. The minimum Gasteiger partial charge on any atom is -0.337 e. The Morgan fingerprint density at radius 2 is 1.95 bits per heavy atom. The van der Waals surface area contributed by atoms with Crippen LogP contribution in [0.2, 0.25) is 0 Å². The fourth-order valence-corrected chi connectivity index (χ4v) is 1.86. The first kappa shape index (κ1) is 14.1. The number of hydrogen-bond acceptors (Lipinski definition) is 2. The number of aromatic nitrogens is 2. The molecule has 106 valence electrons. The van der Waals surface area contributed by atoms with Crippen LogP contribution in [0.15, 0.2) is 30.3 Å². The molecular formula is C15H20N4O. The Morgan fingerprint density at radius 1 is 1.25 bits per heavy atom. The molecule has 0 saturated carbocycles. The maximum Gasteiger partial charge on any atom is 0.320 e. The number of aryl methyl sites for hydroxylation is 3. The van der Waals surface area contributed by atoms with Crippen LogP contribution in [-0.2, 0) is 13.5 Å². The Balaban J connectivity index is 1.76. The van der Waals surface area contributed by atoms with Gasteiger partial charge in [-0.1, -0.05) is 29.8 Å². The Hall–Kier alpha value is -2.30. The van der Waals surface area contributed by atoms with Gasteiger partial charge in [-0.2, -0.15) is 5.10 Å². The van der Waals surface area contributed by atoms with Crippen molar-refractivity contribution in [3.05, 3.63) is 47.2 Å². The molecule has 2 amide bonds. The van der Waals surface area contributed by atoms with Crippen molar-refractivity contribution >= 4 is 11.8 Å². The van der Waals surface area contributed by atoms with Gasteiger partial charge < -0.3 is 5.32 Å². The lowest BCUT2D eigenvalue weighted by Crippen LogP contribution is -2.30. The number of nitrogens with one attached hydrogen (secondary N) is 2. The van der Waals surface area contributed by atoms with Gasteiger partial charge in [-0.15, -0.1) is 0 Å². The molecule has 1 aromatic heterocycles. The van der Waals surface area contributed by atoms with Crippen molar-refractivity contribution in [1.82, 2.24) is 15.1 Å². The smallest absolute Gasteiger partial charge is 0.320 e. The van der Waals surface area contributed by atoms with E-state index in [1.165, 1.54) is 11.1 Å². The van der Waals surface area contributed by atoms with Gasteiger partial charge in [-0.05, 0) is 25.8 Å². The van der Waals surface area contributed by atoms with E-state index in [9.17, 15) is 4.79 Å². The Labute approximate surface area is 119 Å². The zero-order valence-electron chi connectivity index (χ0n) is 12.1. The fraction of sp³-hybridized carbons (Fsp3) is 0.333. The van der Waals surface area contributed by atoms with Gasteiger partial charge in [0.2, 0.25) is 0 Å². The fourth-order valence-electron chi connectivity index (χ4n) is 1.86. The summed E-state index contributed by atoms with van der Waals surface area (Å²) >= 11 is 0. The topological polar surface area (TPSA) is 59.0 Å². The summed E-state index contributed by atoms with van der Waals surface area (Å²) in [5.74, 6) is 0.567. The molecule has 0 radical (unpaired) electrons. The average molecular weight is 272 g/mol. The summed E-state index contributed by atoms with van der Waals surface area (Å²) in [6.07, 6.45) is 0.814. The van der Waals surface area contributed by atoms with Crippen LogP contribution in [0.5, 0.6) is 0 Å². The Kier molecular flexibility index (Phi) is 4.40. The summed E-state index contributed by atoms with van der Waals surface area (Å²) in [7, 11) is 1.84. The molecule has 2 N–H and O–H groups in total. The van der Waals surface area contributed by atoms with Crippen LogP contribution in [0, 0.1) is 13.8 Å². The van der Waals surface area contributed by atoms with Gasteiger partial charge in [0.1, 0.15) is 0 Å². The Bertz CT molecular complexity index is 567. The van der Waals surface area contributed by atoms with E-state index in [0.29, 0.717) is 12.4 Å². The second-order valence-electron chi connectivity index (χ2n) is 4.91. The van der Waals surface area contributed by atoms with Gasteiger partial charge in [0.25, 0.3) is 0 Å². The van der Waals surface area contributed by atoms with E-state index in [-0.39, 0.29) is 6.03 Å². The lowest BCUT2D eigenvalue weighted by molar-refractivity contribution is 0.252. The molecule has 0 atom stereocenters. The molecule has 2 aromatic rings. The van der Waals surface area contributed by atoms with Crippen LogP contribution in [0.4, 0.5) is 10.6 Å². The van der Waals surface area contributed by atoms with E-state index in [2.05, 4.69) is 46.9 Å². The molecule has 0 fully saturated rings. The van der Waals surface area contributed by atoms with Gasteiger partial charge in [-0.3, -0.25) is 10.00 Å². The summed E-state index contributed by atoms with van der Waals surface area (Å²) < 4.78 is 1.72. The number of urea groups is 1. The lowest BCUT2D eigenvalue weighted by atomic mass is 10.1. The predicted molar refractivity (Wildman–Crippen MR) is 79.8 cm³/mol. The highest BCUT2D eigenvalue weighted by Gasteiger charge is 2.05. The highest BCUT2D eigenvalue weighted by Crippen LogP contribution is 2.06. The largest absolute Gasteiger partial charge is 0.337 e. The summed E-state index contributed by atoms with van der Waals surface area (Å²) in [6.45, 7) is 4.60. The first-order chi connectivity index (χ1) is 9.54. The zero-order chi connectivity index (χ0) is 14.5. The van der Waals surface area contributed by atoms with Crippen LogP contribution in [0.25, 0.3) is 0 Å². The third-order valence-electron chi connectivity index (χ3n) is 3.18. The van der Waals surface area contributed by atoms with E-state index in [0.717, 1.165) is 12.1 Å². The van der Waals surface area contributed by atoms with Crippen molar-refractivity contribution in [2.24, 2.45) is 7.05 Å². The summed E-state index contributed by atoms with van der Waals surface area (Å²) in [4.78, 5) is 11.7. The van der Waals surface area contributed by atoms with Crippen LogP contribution in [-0.4, -0.2) is 22.4 Å². The monoisotopic (exact) mass is 272 g/mol. The van der Waals surface area contributed by atoms with Crippen LogP contribution >= 0.6 is 0 Å². The minimum absolute atomic E-state index is 0.227. The quantitative estimate of drug-likeness (QED) is 0.898. The number of amides is 2. The minimum atomic E-state index is -0.227. The van der Waals surface area contributed by atoms with Crippen molar-refractivity contribution in [1.29, 1.82) is 0 Å². The molecule has 0 bridgehead atoms. The third-order valence-corrected chi connectivity index (χ3v) is 3.18. The van der Waals surface area contributed by atoms with Crippen molar-refractivity contribution in [3.63, 3.8) is 0 Å². The first-order valence-corrected chi connectivity index (χ1v) is 6.65. The van der Waals surface area contributed by atoms with Crippen LogP contribution in [0.1, 0.15) is 16.8 Å². The normalized spacial score (nSPS) is 10.3. The Morgan fingerprint density at radius 3 is 2.55 bits per heavy atom. The third kappa shape index (κ3) is 3.85. The molecule has 0 saturated heterocycles. The van der Waals surface area contributed by atoms with E-state index in [1.54, 1.807) is 4.68 Å². The molecule has 1 aromatic carbocycles. The van der Waals surface area contributed by atoms with Crippen molar-refractivity contribution < 1.29 is 4.79 Å². The second kappa shape index (κ2) is 6.23. The maximum absolute atomic E-state index is 11.7. The van der Waals surface area contributed by atoms with E-state index in [1.807, 2.05) is 20.0 Å². The maximum atomic E-state index is 11.7. The first-order valence-electron chi connectivity index (χ1n) is 6.65. The zero-order valence-corrected chi connectivity index (χ0v) is 12.1. The van der Waals surface area contributed by atoms with Crippen molar-refractivity contribution in [2.45, 2.75) is 20.3 Å². The molecule has 5 nitrogen and oxygen atoms in total. The molecule has 5 heteroatoms. The molecule has 0 spiro atoms.